The fourth-order valence-corrected chi connectivity index (χ4v) is 5.19. The Hall–Kier alpha value is -1.78. The molecule has 2 saturated heterocycles. The molecule has 0 aliphatic carbocycles. The topological polar surface area (TPSA) is 87.5 Å². The van der Waals surface area contributed by atoms with Crippen LogP contribution in [0.1, 0.15) is 19.3 Å². The molecule has 25 heavy (non-hydrogen) atoms. The van der Waals surface area contributed by atoms with E-state index in [1.54, 1.807) is 21.1 Å². The van der Waals surface area contributed by atoms with Gasteiger partial charge in [0.15, 0.2) is 5.65 Å². The summed E-state index contributed by atoms with van der Waals surface area (Å²) in [7, 11) is -1.44. The highest BCUT2D eigenvalue weighted by Crippen LogP contribution is 2.20. The number of fused-ring (bicyclic) bond motifs is 1. The van der Waals surface area contributed by atoms with Crippen LogP contribution in [-0.2, 0) is 17.3 Å². The van der Waals surface area contributed by atoms with Crippen molar-refractivity contribution in [3.63, 3.8) is 0 Å². The number of anilines is 1. The van der Waals surface area contributed by atoms with E-state index in [0.29, 0.717) is 38.7 Å². The van der Waals surface area contributed by atoms with Gasteiger partial charge in [-0.15, -0.1) is 0 Å². The highest BCUT2D eigenvalue weighted by atomic mass is 32.2. The summed E-state index contributed by atoms with van der Waals surface area (Å²) in [5, 5.41) is 0. The molecule has 9 nitrogen and oxygen atoms in total. The van der Waals surface area contributed by atoms with Crippen LogP contribution in [0.25, 0.3) is 11.2 Å². The SMILES string of the molecule is Cn1cnc2cnc(N3CCCN(S(=O)(=O)N4CCCC4)CC3)nc21. The second kappa shape index (κ2) is 6.50. The van der Waals surface area contributed by atoms with Gasteiger partial charge >= 0.3 is 0 Å². The van der Waals surface area contributed by atoms with Crippen LogP contribution in [0.4, 0.5) is 5.95 Å². The molecule has 2 aromatic heterocycles. The number of hydrogen-bond acceptors (Lipinski definition) is 6. The molecule has 2 aliphatic heterocycles. The monoisotopic (exact) mass is 365 g/mol. The van der Waals surface area contributed by atoms with Crippen molar-refractivity contribution in [2.75, 3.05) is 44.2 Å². The minimum absolute atomic E-state index is 0.464. The quantitative estimate of drug-likeness (QED) is 0.773. The maximum absolute atomic E-state index is 12.8. The third kappa shape index (κ3) is 3.09. The highest BCUT2D eigenvalue weighted by Gasteiger charge is 2.33. The van der Waals surface area contributed by atoms with Crippen molar-refractivity contribution in [2.45, 2.75) is 19.3 Å². The van der Waals surface area contributed by atoms with Crippen molar-refractivity contribution in [2.24, 2.45) is 7.05 Å². The summed E-state index contributed by atoms with van der Waals surface area (Å²) in [5.41, 5.74) is 1.55. The fraction of sp³-hybridized carbons (Fsp3) is 0.667. The van der Waals surface area contributed by atoms with Gasteiger partial charge in [-0.25, -0.2) is 9.97 Å². The van der Waals surface area contributed by atoms with Gasteiger partial charge < -0.3 is 9.47 Å². The smallest absolute Gasteiger partial charge is 0.282 e. The second-order valence-corrected chi connectivity index (χ2v) is 8.52. The van der Waals surface area contributed by atoms with Gasteiger partial charge in [0, 0.05) is 46.3 Å². The first kappa shape index (κ1) is 16.7. The lowest BCUT2D eigenvalue weighted by atomic mass is 10.4. The molecule has 0 aromatic carbocycles. The molecular weight excluding hydrogens is 342 g/mol. The van der Waals surface area contributed by atoms with Crippen LogP contribution in [0.15, 0.2) is 12.5 Å². The zero-order valence-corrected chi connectivity index (χ0v) is 15.2. The minimum atomic E-state index is -3.34. The molecule has 10 heteroatoms. The number of aromatic nitrogens is 4. The van der Waals surface area contributed by atoms with Crippen molar-refractivity contribution in [1.82, 2.24) is 28.1 Å². The molecule has 2 aliphatic rings. The number of rotatable bonds is 3. The molecule has 0 saturated carbocycles. The first-order valence-corrected chi connectivity index (χ1v) is 10.1. The van der Waals surface area contributed by atoms with E-state index in [2.05, 4.69) is 19.9 Å². The number of hydrogen-bond donors (Lipinski definition) is 0. The lowest BCUT2D eigenvalue weighted by Gasteiger charge is -2.26. The fourth-order valence-electron chi connectivity index (χ4n) is 3.47. The summed E-state index contributed by atoms with van der Waals surface area (Å²) >= 11 is 0. The molecule has 2 aromatic rings. The zero-order valence-electron chi connectivity index (χ0n) is 14.4. The normalized spacial score (nSPS) is 21.1. The Bertz CT molecular complexity index is 860. The van der Waals surface area contributed by atoms with Gasteiger partial charge in [-0.1, -0.05) is 0 Å². The average molecular weight is 365 g/mol. The third-order valence-electron chi connectivity index (χ3n) is 4.90. The predicted octanol–water partition coefficient (Wildman–Crippen LogP) is 0.216. The molecular formula is C15H23N7O2S. The van der Waals surface area contributed by atoms with Crippen LogP contribution in [0.2, 0.25) is 0 Å². The van der Waals surface area contributed by atoms with E-state index < -0.39 is 10.2 Å². The predicted molar refractivity (Wildman–Crippen MR) is 94.4 cm³/mol. The molecule has 4 heterocycles. The van der Waals surface area contributed by atoms with Crippen molar-refractivity contribution < 1.29 is 8.42 Å². The average Bonchev–Trinajstić information content (AvgIpc) is 3.20. The third-order valence-corrected chi connectivity index (χ3v) is 6.93. The lowest BCUT2D eigenvalue weighted by Crippen LogP contribution is -2.44. The summed E-state index contributed by atoms with van der Waals surface area (Å²) < 4.78 is 30.6. The van der Waals surface area contributed by atoms with Gasteiger partial charge in [0.1, 0.15) is 5.52 Å². The van der Waals surface area contributed by atoms with E-state index in [0.717, 1.165) is 37.0 Å². The molecule has 0 unspecified atom stereocenters. The van der Waals surface area contributed by atoms with Crippen molar-refractivity contribution >= 4 is 27.3 Å². The highest BCUT2D eigenvalue weighted by molar-refractivity contribution is 7.86. The number of imidazole rings is 1. The molecule has 0 radical (unpaired) electrons. The Morgan fingerprint density at radius 3 is 2.44 bits per heavy atom. The van der Waals surface area contributed by atoms with Crippen LogP contribution in [0.5, 0.6) is 0 Å². The standard InChI is InChI=1S/C15H23N7O2S/c1-19-12-17-13-11-16-15(18-14(13)19)20-5-4-8-22(10-9-20)25(23,24)21-6-2-3-7-21/h11-12H,2-10H2,1H3. The maximum atomic E-state index is 12.8. The zero-order chi connectivity index (χ0) is 17.4. The Kier molecular flexibility index (Phi) is 4.34. The van der Waals surface area contributed by atoms with E-state index in [4.69, 9.17) is 0 Å². The summed E-state index contributed by atoms with van der Waals surface area (Å²) in [6, 6.07) is 0. The van der Waals surface area contributed by atoms with Gasteiger partial charge in [-0.05, 0) is 19.3 Å². The van der Waals surface area contributed by atoms with Crippen LogP contribution < -0.4 is 4.90 Å². The van der Waals surface area contributed by atoms with Crippen molar-refractivity contribution in [3.8, 4) is 0 Å². The van der Waals surface area contributed by atoms with Crippen LogP contribution in [0.3, 0.4) is 0 Å². The molecule has 2 fully saturated rings. The Morgan fingerprint density at radius 2 is 1.64 bits per heavy atom. The van der Waals surface area contributed by atoms with E-state index >= 15 is 0 Å². The first-order chi connectivity index (χ1) is 12.1. The van der Waals surface area contributed by atoms with E-state index in [9.17, 15) is 8.42 Å². The number of aryl methyl sites for hydroxylation is 1. The van der Waals surface area contributed by atoms with Gasteiger partial charge in [-0.2, -0.15) is 22.0 Å². The van der Waals surface area contributed by atoms with E-state index in [1.165, 1.54) is 0 Å². The van der Waals surface area contributed by atoms with Crippen LogP contribution in [-0.4, -0.2) is 75.8 Å². The van der Waals surface area contributed by atoms with E-state index in [1.807, 2.05) is 11.6 Å². The van der Waals surface area contributed by atoms with Gasteiger partial charge in [-0.3, -0.25) is 0 Å². The molecule has 0 spiro atoms. The largest absolute Gasteiger partial charge is 0.339 e. The van der Waals surface area contributed by atoms with Crippen molar-refractivity contribution in [1.29, 1.82) is 0 Å². The van der Waals surface area contributed by atoms with E-state index in [-0.39, 0.29) is 0 Å². The Labute approximate surface area is 147 Å². The lowest BCUT2D eigenvalue weighted by molar-refractivity contribution is 0.373. The van der Waals surface area contributed by atoms with Crippen LogP contribution in [0, 0.1) is 0 Å². The summed E-state index contributed by atoms with van der Waals surface area (Å²) in [5.74, 6) is 0.636. The summed E-state index contributed by atoms with van der Waals surface area (Å²) in [6.07, 6.45) is 6.12. The van der Waals surface area contributed by atoms with Crippen molar-refractivity contribution in [3.05, 3.63) is 12.5 Å². The Balaban J connectivity index is 1.51. The molecule has 0 atom stereocenters. The second-order valence-electron chi connectivity index (χ2n) is 6.59. The number of nitrogens with zero attached hydrogens (tertiary/aromatic N) is 7. The molecule has 0 bridgehead atoms. The molecule has 4 rings (SSSR count). The van der Waals surface area contributed by atoms with Gasteiger partial charge in [0.25, 0.3) is 10.2 Å². The Morgan fingerprint density at radius 1 is 0.920 bits per heavy atom. The van der Waals surface area contributed by atoms with Gasteiger partial charge in [0.05, 0.1) is 12.5 Å². The van der Waals surface area contributed by atoms with Crippen LogP contribution >= 0.6 is 0 Å². The summed E-state index contributed by atoms with van der Waals surface area (Å²) in [6.45, 7) is 3.63. The van der Waals surface area contributed by atoms with Gasteiger partial charge in [0.2, 0.25) is 5.95 Å². The molecule has 0 N–H and O–H groups in total. The first-order valence-electron chi connectivity index (χ1n) is 8.70. The minimum Gasteiger partial charge on any atom is -0.339 e. The molecule has 136 valence electrons. The molecule has 0 amide bonds. The maximum Gasteiger partial charge on any atom is 0.282 e. The summed E-state index contributed by atoms with van der Waals surface area (Å²) in [4.78, 5) is 15.3.